The Balaban J connectivity index is 1.52. The van der Waals surface area contributed by atoms with Crippen LogP contribution in [0.3, 0.4) is 0 Å². The van der Waals surface area contributed by atoms with Gasteiger partial charge in [0.2, 0.25) is 0 Å². The number of carbonyl (C=O) groups excluding carboxylic acids is 2. The number of rotatable bonds is 6. The minimum Gasteiger partial charge on any atom is -0.462 e. The van der Waals surface area contributed by atoms with Crippen molar-refractivity contribution in [3.63, 3.8) is 0 Å². The van der Waals surface area contributed by atoms with Gasteiger partial charge in [-0.1, -0.05) is 36.1 Å². The summed E-state index contributed by atoms with van der Waals surface area (Å²) in [6.45, 7) is 2.05. The van der Waals surface area contributed by atoms with E-state index >= 15 is 0 Å². The van der Waals surface area contributed by atoms with Gasteiger partial charge in [0.1, 0.15) is 11.5 Å². The second-order valence-electron chi connectivity index (χ2n) is 6.79. The first-order valence-corrected chi connectivity index (χ1v) is 11.0. The highest BCUT2D eigenvalue weighted by Crippen LogP contribution is 2.37. The first kappa shape index (κ1) is 22.4. The van der Waals surface area contributed by atoms with Crippen LogP contribution in [0.15, 0.2) is 70.0 Å². The Kier molecular flexibility index (Phi) is 6.38. The third kappa shape index (κ3) is 4.71. The highest BCUT2D eigenvalue weighted by molar-refractivity contribution is 8.27. The fourth-order valence-electron chi connectivity index (χ4n) is 3.11. The van der Waals surface area contributed by atoms with Crippen molar-refractivity contribution in [1.82, 2.24) is 0 Å². The predicted molar refractivity (Wildman–Crippen MR) is 129 cm³/mol. The van der Waals surface area contributed by atoms with Crippen molar-refractivity contribution in [2.24, 2.45) is 0 Å². The molecule has 0 saturated carbocycles. The number of non-ortho nitro benzene ring substituents is 1. The van der Waals surface area contributed by atoms with Crippen molar-refractivity contribution in [2.75, 3.05) is 11.5 Å². The summed E-state index contributed by atoms with van der Waals surface area (Å²) in [6, 6.07) is 15.9. The van der Waals surface area contributed by atoms with E-state index in [2.05, 4.69) is 0 Å². The molecular weight excluding hydrogens is 464 g/mol. The summed E-state index contributed by atoms with van der Waals surface area (Å²) in [6.07, 6.45) is 1.60. The van der Waals surface area contributed by atoms with Crippen LogP contribution in [0.25, 0.3) is 17.4 Å². The first-order valence-electron chi connectivity index (χ1n) is 9.77. The van der Waals surface area contributed by atoms with E-state index in [-0.39, 0.29) is 17.6 Å². The second kappa shape index (κ2) is 9.39. The third-order valence-corrected chi connectivity index (χ3v) is 6.00. The average molecular weight is 481 g/mol. The summed E-state index contributed by atoms with van der Waals surface area (Å²) >= 11 is 6.46. The van der Waals surface area contributed by atoms with Crippen LogP contribution in [-0.4, -0.2) is 27.7 Å². The zero-order valence-corrected chi connectivity index (χ0v) is 18.9. The van der Waals surface area contributed by atoms with Gasteiger partial charge in [0.05, 0.1) is 27.7 Å². The maximum Gasteiger partial charge on any atom is 0.338 e. The van der Waals surface area contributed by atoms with Crippen LogP contribution in [0.5, 0.6) is 0 Å². The van der Waals surface area contributed by atoms with Gasteiger partial charge in [-0.15, -0.1) is 0 Å². The van der Waals surface area contributed by atoms with E-state index < -0.39 is 4.92 Å². The van der Waals surface area contributed by atoms with Gasteiger partial charge in [0.15, 0.2) is 4.32 Å². The monoisotopic (exact) mass is 480 g/mol. The lowest BCUT2D eigenvalue weighted by atomic mass is 10.1. The van der Waals surface area contributed by atoms with Crippen LogP contribution in [0.4, 0.5) is 11.4 Å². The standard InChI is InChI=1S/C23H16N2O6S2/c1-2-30-22(27)15-5-3-14(4-6-15)19-12-11-18(31-19)13-20-21(26)24(23(32)33-20)16-7-9-17(10-8-16)25(28)29/h3-13H,2H2,1H3/b20-13+. The zero-order chi connectivity index (χ0) is 23.5. The normalized spacial score (nSPS) is 14.7. The molecular formula is C23H16N2O6S2. The number of hydrogen-bond donors (Lipinski definition) is 0. The number of thiocarbonyl (C=S) groups is 1. The summed E-state index contributed by atoms with van der Waals surface area (Å²) < 4.78 is 11.2. The summed E-state index contributed by atoms with van der Waals surface area (Å²) in [5, 5.41) is 10.8. The van der Waals surface area contributed by atoms with Gasteiger partial charge in [0.25, 0.3) is 11.6 Å². The second-order valence-corrected chi connectivity index (χ2v) is 8.47. The van der Waals surface area contributed by atoms with Crippen molar-refractivity contribution in [3.8, 4) is 11.3 Å². The van der Waals surface area contributed by atoms with Gasteiger partial charge >= 0.3 is 5.97 Å². The number of nitro benzene ring substituents is 1. The van der Waals surface area contributed by atoms with Crippen molar-refractivity contribution in [1.29, 1.82) is 0 Å². The molecule has 1 aromatic heterocycles. The number of nitrogens with zero attached hydrogens (tertiary/aromatic N) is 2. The third-order valence-electron chi connectivity index (χ3n) is 4.69. The molecule has 0 spiro atoms. The Bertz CT molecular complexity index is 1280. The molecule has 4 rings (SSSR count). The number of ether oxygens (including phenoxy) is 1. The molecule has 33 heavy (non-hydrogen) atoms. The number of nitro groups is 1. The molecule has 0 unspecified atom stereocenters. The fraction of sp³-hybridized carbons (Fsp3) is 0.0870. The molecule has 0 bridgehead atoms. The molecule has 3 aromatic rings. The molecule has 0 atom stereocenters. The van der Waals surface area contributed by atoms with E-state index in [0.29, 0.717) is 38.6 Å². The van der Waals surface area contributed by atoms with E-state index in [1.807, 2.05) is 0 Å². The minimum atomic E-state index is -0.507. The van der Waals surface area contributed by atoms with Crippen LogP contribution in [0.1, 0.15) is 23.0 Å². The maximum atomic E-state index is 12.9. The van der Waals surface area contributed by atoms with E-state index in [1.54, 1.807) is 49.4 Å². The quantitative estimate of drug-likeness (QED) is 0.151. The molecule has 2 aromatic carbocycles. The summed E-state index contributed by atoms with van der Waals surface area (Å²) in [4.78, 5) is 36.7. The van der Waals surface area contributed by atoms with Crippen LogP contribution in [0, 0.1) is 10.1 Å². The summed E-state index contributed by atoms with van der Waals surface area (Å²) in [7, 11) is 0. The van der Waals surface area contributed by atoms with Gasteiger partial charge in [-0.25, -0.2) is 4.79 Å². The van der Waals surface area contributed by atoms with Gasteiger partial charge in [-0.2, -0.15) is 0 Å². The first-order chi connectivity index (χ1) is 15.9. The molecule has 1 fully saturated rings. The molecule has 8 nitrogen and oxygen atoms in total. The van der Waals surface area contributed by atoms with E-state index in [0.717, 1.165) is 17.3 Å². The molecule has 1 amide bonds. The van der Waals surface area contributed by atoms with Crippen LogP contribution < -0.4 is 4.90 Å². The average Bonchev–Trinajstić information content (AvgIpc) is 3.38. The Morgan fingerprint density at radius 2 is 1.85 bits per heavy atom. The fourth-order valence-corrected chi connectivity index (χ4v) is 4.39. The van der Waals surface area contributed by atoms with Gasteiger partial charge in [0, 0.05) is 23.8 Å². The van der Waals surface area contributed by atoms with Crippen molar-refractivity contribution in [2.45, 2.75) is 6.92 Å². The number of esters is 1. The molecule has 10 heteroatoms. The van der Waals surface area contributed by atoms with Gasteiger partial charge in [-0.05, 0) is 43.3 Å². The summed E-state index contributed by atoms with van der Waals surface area (Å²) in [5.74, 6) is 0.306. The molecule has 1 saturated heterocycles. The predicted octanol–water partition coefficient (Wildman–Crippen LogP) is 5.44. The molecule has 0 aliphatic carbocycles. The zero-order valence-electron chi connectivity index (χ0n) is 17.2. The van der Waals surface area contributed by atoms with E-state index in [4.69, 9.17) is 21.4 Å². The van der Waals surface area contributed by atoms with E-state index in [1.165, 1.54) is 29.2 Å². The van der Waals surface area contributed by atoms with Crippen molar-refractivity contribution >= 4 is 57.6 Å². The number of amides is 1. The van der Waals surface area contributed by atoms with Gasteiger partial charge < -0.3 is 9.15 Å². The smallest absolute Gasteiger partial charge is 0.338 e. The number of anilines is 1. The van der Waals surface area contributed by atoms with Crippen LogP contribution in [-0.2, 0) is 9.53 Å². The van der Waals surface area contributed by atoms with Crippen LogP contribution >= 0.6 is 24.0 Å². The van der Waals surface area contributed by atoms with Gasteiger partial charge in [-0.3, -0.25) is 19.8 Å². The lowest BCUT2D eigenvalue weighted by Gasteiger charge is -2.13. The Morgan fingerprint density at radius 1 is 1.15 bits per heavy atom. The number of thioether (sulfide) groups is 1. The number of carbonyl (C=O) groups is 2. The SMILES string of the molecule is CCOC(=O)c1ccc(-c2ccc(/C=C3/SC(=S)N(c4ccc([N+](=O)[O-])cc4)C3=O)o2)cc1. The van der Waals surface area contributed by atoms with Crippen molar-refractivity contribution in [3.05, 3.63) is 87.0 Å². The Labute approximate surface area is 198 Å². The number of benzene rings is 2. The lowest BCUT2D eigenvalue weighted by Crippen LogP contribution is -2.27. The topological polar surface area (TPSA) is 103 Å². The molecule has 1 aliphatic heterocycles. The molecule has 1 aliphatic rings. The molecule has 0 radical (unpaired) electrons. The number of hydrogen-bond acceptors (Lipinski definition) is 8. The minimum absolute atomic E-state index is 0.0712. The number of furan rings is 1. The Morgan fingerprint density at radius 3 is 2.48 bits per heavy atom. The molecule has 0 N–H and O–H groups in total. The summed E-state index contributed by atoms with van der Waals surface area (Å²) in [5.41, 5.74) is 1.59. The highest BCUT2D eigenvalue weighted by Gasteiger charge is 2.33. The highest BCUT2D eigenvalue weighted by atomic mass is 32.2. The molecule has 166 valence electrons. The Hall–Kier alpha value is -3.76. The van der Waals surface area contributed by atoms with Crippen LogP contribution in [0.2, 0.25) is 0 Å². The van der Waals surface area contributed by atoms with Crippen molar-refractivity contribution < 1.29 is 23.7 Å². The van der Waals surface area contributed by atoms with E-state index in [9.17, 15) is 19.7 Å². The maximum absolute atomic E-state index is 12.9. The largest absolute Gasteiger partial charge is 0.462 e. The molecule has 2 heterocycles. The lowest BCUT2D eigenvalue weighted by molar-refractivity contribution is -0.384.